The molecule has 5 rings (SSSR count). The number of nitrogens with one attached hydrogen (secondary N) is 2. The summed E-state index contributed by atoms with van der Waals surface area (Å²) >= 11 is 3.52. The van der Waals surface area contributed by atoms with Crippen molar-refractivity contribution < 1.29 is 18.4 Å². The normalized spacial score (nSPS) is 11.9. The summed E-state index contributed by atoms with van der Waals surface area (Å²) < 4.78 is 39.7. The molecule has 0 fully saturated rings. The van der Waals surface area contributed by atoms with Gasteiger partial charge in [-0.25, -0.2) is 4.98 Å². The predicted molar refractivity (Wildman–Crippen MR) is 170 cm³/mol. The third-order valence-electron chi connectivity index (χ3n) is 6.03. The van der Waals surface area contributed by atoms with Gasteiger partial charge in [-0.2, -0.15) is 10.1 Å². The van der Waals surface area contributed by atoms with Crippen molar-refractivity contribution in [1.29, 1.82) is 0 Å². The van der Waals surface area contributed by atoms with Gasteiger partial charge in [0.05, 0.1) is 40.0 Å². The summed E-state index contributed by atoms with van der Waals surface area (Å²) in [5, 5.41) is 11.4. The second kappa shape index (κ2) is 11.5. The van der Waals surface area contributed by atoms with Gasteiger partial charge in [-0.3, -0.25) is 19.2 Å². The average molecular weight is 671 g/mol. The van der Waals surface area contributed by atoms with Crippen molar-refractivity contribution in [3.05, 3.63) is 59.7 Å². The Labute approximate surface area is 251 Å². The van der Waals surface area contributed by atoms with Crippen LogP contribution in [0.25, 0.3) is 22.2 Å². The fourth-order valence-electron chi connectivity index (χ4n) is 4.36. The van der Waals surface area contributed by atoms with Gasteiger partial charge in [0, 0.05) is 62.4 Å². The molecule has 0 amide bonds. The molecule has 5 aromatic rings. The van der Waals surface area contributed by atoms with Crippen molar-refractivity contribution in [2.45, 2.75) is 0 Å². The van der Waals surface area contributed by atoms with E-state index in [9.17, 15) is 9.13 Å². The second-order valence-corrected chi connectivity index (χ2v) is 16.9. The van der Waals surface area contributed by atoms with Crippen molar-refractivity contribution >= 4 is 69.9 Å². The first-order chi connectivity index (χ1) is 19.8. The molecule has 42 heavy (non-hydrogen) atoms. The number of aromatic nitrogens is 6. The van der Waals surface area contributed by atoms with Crippen LogP contribution >= 0.6 is 30.4 Å². The van der Waals surface area contributed by atoms with Gasteiger partial charge in [-0.05, 0) is 47.5 Å². The van der Waals surface area contributed by atoms with Gasteiger partial charge < -0.3 is 24.5 Å². The number of nitrogens with zero attached hydrogens (tertiary/aromatic N) is 6. The molecular formula is C27H29BrN8O4P2. The molecule has 0 saturated heterocycles. The molecule has 0 aliphatic carbocycles. The fourth-order valence-corrected chi connectivity index (χ4v) is 6.66. The minimum atomic E-state index is -2.89. The van der Waals surface area contributed by atoms with Crippen molar-refractivity contribution in [1.82, 2.24) is 29.7 Å². The largest absolute Gasteiger partial charge is 0.494 e. The Hall–Kier alpha value is -3.79. The molecule has 0 saturated carbocycles. The number of hydrogen-bond donors (Lipinski definition) is 2. The van der Waals surface area contributed by atoms with Crippen LogP contribution in [0.4, 0.5) is 23.1 Å². The molecule has 3 aromatic heterocycles. The number of hydrogen-bond acceptors (Lipinski definition) is 11. The quantitative estimate of drug-likeness (QED) is 0.172. The Morgan fingerprint density at radius 3 is 2.36 bits per heavy atom. The van der Waals surface area contributed by atoms with Crippen molar-refractivity contribution in [2.24, 2.45) is 7.05 Å². The van der Waals surface area contributed by atoms with E-state index in [-0.39, 0.29) is 5.95 Å². The summed E-state index contributed by atoms with van der Waals surface area (Å²) in [4.78, 5) is 17.9. The van der Waals surface area contributed by atoms with E-state index >= 15 is 0 Å². The van der Waals surface area contributed by atoms with Crippen molar-refractivity contribution in [3.8, 4) is 22.6 Å². The smallest absolute Gasteiger partial charge is 0.242 e. The maximum absolute atomic E-state index is 13.4. The molecule has 0 aliphatic rings. The van der Waals surface area contributed by atoms with Crippen LogP contribution in [0.5, 0.6) is 11.5 Å². The first-order valence-corrected chi connectivity index (χ1v) is 18.6. The van der Waals surface area contributed by atoms with Gasteiger partial charge in [0.15, 0.2) is 0 Å². The molecule has 218 valence electrons. The van der Waals surface area contributed by atoms with E-state index in [1.807, 2.05) is 31.4 Å². The summed E-state index contributed by atoms with van der Waals surface area (Å²) in [7, 11) is -2.33. The molecule has 2 N–H and O–H groups in total. The Balaban J connectivity index is 1.55. The van der Waals surface area contributed by atoms with Gasteiger partial charge in [0.1, 0.15) is 30.0 Å². The topological polar surface area (TPSA) is 146 Å². The molecule has 0 aliphatic heterocycles. The van der Waals surface area contributed by atoms with Crippen molar-refractivity contribution in [3.63, 3.8) is 0 Å². The summed E-state index contributed by atoms with van der Waals surface area (Å²) in [6.45, 7) is 6.48. The van der Waals surface area contributed by atoms with Gasteiger partial charge in [0.2, 0.25) is 13.3 Å². The van der Waals surface area contributed by atoms with Crippen LogP contribution in [0.15, 0.2) is 59.7 Å². The van der Waals surface area contributed by atoms with Crippen LogP contribution in [-0.4, -0.2) is 63.5 Å². The van der Waals surface area contributed by atoms with E-state index in [0.29, 0.717) is 55.1 Å². The number of halogens is 1. The van der Waals surface area contributed by atoms with Crippen LogP contribution < -0.4 is 25.2 Å². The minimum Gasteiger partial charge on any atom is -0.494 e. The monoisotopic (exact) mass is 670 g/mol. The molecule has 15 heteroatoms. The molecule has 0 bridgehead atoms. The SMILES string of the molecule is COc1cc(OP(C)(C)=O)c(-c2cnn(C)c2)cc1Nc1ncc(Br)c(Nc2ccc3nccnc3c2P(C)(C)=O)n1. The summed E-state index contributed by atoms with van der Waals surface area (Å²) in [6.07, 6.45) is 8.31. The molecule has 0 spiro atoms. The highest BCUT2D eigenvalue weighted by Gasteiger charge is 2.23. The zero-order valence-electron chi connectivity index (χ0n) is 23.8. The van der Waals surface area contributed by atoms with E-state index in [0.717, 1.165) is 5.56 Å². The number of benzene rings is 2. The van der Waals surface area contributed by atoms with Crippen LogP contribution in [0.2, 0.25) is 0 Å². The van der Waals surface area contributed by atoms with Gasteiger partial charge in [-0.15, -0.1) is 0 Å². The lowest BCUT2D eigenvalue weighted by Gasteiger charge is -2.19. The van der Waals surface area contributed by atoms with Crippen LogP contribution in [0.1, 0.15) is 0 Å². The third-order valence-corrected chi connectivity index (χ3v) is 8.78. The maximum Gasteiger partial charge on any atom is 0.242 e. The fraction of sp³-hybridized carbons (Fsp3) is 0.222. The Kier molecular flexibility index (Phi) is 8.11. The van der Waals surface area contributed by atoms with E-state index in [1.54, 1.807) is 62.2 Å². The number of ether oxygens (including phenoxy) is 1. The molecule has 2 aromatic carbocycles. The number of rotatable bonds is 9. The highest BCUT2D eigenvalue weighted by atomic mass is 79.9. The number of methoxy groups -OCH3 is 1. The zero-order chi connectivity index (χ0) is 30.2. The van der Waals surface area contributed by atoms with Crippen LogP contribution in [-0.2, 0) is 16.2 Å². The van der Waals surface area contributed by atoms with E-state index in [4.69, 9.17) is 9.26 Å². The molecular weight excluding hydrogens is 642 g/mol. The first-order valence-electron chi connectivity index (χ1n) is 12.6. The minimum absolute atomic E-state index is 0.264. The second-order valence-electron chi connectivity index (χ2n) is 10.2. The summed E-state index contributed by atoms with van der Waals surface area (Å²) in [6, 6.07) is 7.11. The Morgan fingerprint density at radius 2 is 1.69 bits per heavy atom. The molecule has 12 nitrogen and oxygen atoms in total. The first kappa shape index (κ1) is 29.7. The van der Waals surface area contributed by atoms with E-state index < -0.39 is 14.5 Å². The lowest BCUT2D eigenvalue weighted by Crippen LogP contribution is -2.14. The van der Waals surface area contributed by atoms with Gasteiger partial charge >= 0.3 is 0 Å². The lowest BCUT2D eigenvalue weighted by atomic mass is 10.1. The van der Waals surface area contributed by atoms with Crippen LogP contribution in [0.3, 0.4) is 0 Å². The number of anilines is 4. The van der Waals surface area contributed by atoms with Crippen LogP contribution in [0, 0.1) is 0 Å². The predicted octanol–water partition coefficient (Wildman–Crippen LogP) is 6.24. The zero-order valence-corrected chi connectivity index (χ0v) is 27.2. The van der Waals surface area contributed by atoms with Gasteiger partial charge in [-0.1, -0.05) is 0 Å². The highest BCUT2D eigenvalue weighted by Crippen LogP contribution is 2.47. The summed E-state index contributed by atoms with van der Waals surface area (Å²) in [5.41, 5.74) is 3.79. The van der Waals surface area contributed by atoms with Gasteiger partial charge in [0.25, 0.3) is 0 Å². The molecule has 0 radical (unpaired) electrons. The Morgan fingerprint density at radius 1 is 0.929 bits per heavy atom. The maximum atomic E-state index is 13.4. The third kappa shape index (κ3) is 6.48. The van der Waals surface area contributed by atoms with E-state index in [1.165, 1.54) is 7.11 Å². The molecule has 3 heterocycles. The van der Waals surface area contributed by atoms with E-state index in [2.05, 4.69) is 51.6 Å². The molecule has 0 unspecified atom stereocenters. The standard InChI is InChI=1S/C27H29BrN8O4P2/c1-36-15-16(13-32-36)17-11-21(23(39-2)12-22(17)40-42(5,6)38)34-27-31-14-18(28)26(35-27)33-20-8-7-19-24(30-10-9-29-19)25(20)41(3,4)37/h7-15H,1-6H3,(H2,31,33,34,35). The van der Waals surface area contributed by atoms with Crippen molar-refractivity contribution in [2.75, 3.05) is 44.4 Å². The lowest BCUT2D eigenvalue weighted by molar-refractivity contribution is 0.414. The highest BCUT2D eigenvalue weighted by molar-refractivity contribution is 9.10. The number of fused-ring (bicyclic) bond motifs is 1. The number of aryl methyl sites for hydroxylation is 1. The Bertz CT molecular complexity index is 1900. The molecule has 0 atom stereocenters. The summed E-state index contributed by atoms with van der Waals surface area (Å²) in [5.74, 6) is 1.53. The average Bonchev–Trinajstić information content (AvgIpc) is 3.35.